The van der Waals surface area contributed by atoms with Gasteiger partial charge in [0.05, 0.1) is 6.20 Å². The lowest BCUT2D eigenvalue weighted by Gasteiger charge is -2.08. The van der Waals surface area contributed by atoms with E-state index in [1.807, 2.05) is 26.0 Å². The zero-order valence-electron chi connectivity index (χ0n) is 13.6. The van der Waals surface area contributed by atoms with Crippen LogP contribution in [0.15, 0.2) is 41.6 Å². The highest BCUT2D eigenvalue weighted by Crippen LogP contribution is 2.18. The molecule has 6 nitrogen and oxygen atoms in total. The van der Waals surface area contributed by atoms with E-state index >= 15 is 0 Å². The van der Waals surface area contributed by atoms with Gasteiger partial charge in [0.2, 0.25) is 0 Å². The van der Waals surface area contributed by atoms with Crippen LogP contribution in [-0.4, -0.2) is 27.4 Å². The van der Waals surface area contributed by atoms with E-state index < -0.39 is 0 Å². The van der Waals surface area contributed by atoms with Crippen LogP contribution in [0, 0.1) is 13.8 Å². The molecule has 0 aliphatic heterocycles. The fourth-order valence-electron chi connectivity index (χ4n) is 2.72. The number of carbonyl (C=O) groups is 1. The molecule has 3 rings (SSSR count). The van der Waals surface area contributed by atoms with Crippen LogP contribution in [0.5, 0.6) is 0 Å². The number of hydrogen-bond donors (Lipinski definition) is 2. The molecule has 0 bridgehead atoms. The molecule has 0 fully saturated rings. The summed E-state index contributed by atoms with van der Waals surface area (Å²) in [5.41, 5.74) is 3.85. The molecule has 1 aromatic carbocycles. The zero-order valence-corrected chi connectivity index (χ0v) is 13.6. The molecule has 0 saturated carbocycles. The lowest BCUT2D eigenvalue weighted by Crippen LogP contribution is -2.28. The van der Waals surface area contributed by atoms with Crippen molar-refractivity contribution in [1.82, 2.24) is 20.3 Å². The molecule has 0 saturated heterocycles. The highest BCUT2D eigenvalue weighted by Gasteiger charge is 2.08. The maximum atomic E-state index is 12.2. The fourth-order valence-corrected chi connectivity index (χ4v) is 2.72. The van der Waals surface area contributed by atoms with Gasteiger partial charge in [-0.1, -0.05) is 6.07 Å². The van der Waals surface area contributed by atoms with E-state index in [2.05, 4.69) is 26.3 Å². The van der Waals surface area contributed by atoms with Crippen molar-refractivity contribution in [1.29, 1.82) is 0 Å². The predicted octanol–water partition coefficient (Wildman–Crippen LogP) is 1.91. The summed E-state index contributed by atoms with van der Waals surface area (Å²) in [5, 5.41) is 3.78. The van der Waals surface area contributed by atoms with Crippen molar-refractivity contribution in [2.24, 2.45) is 0 Å². The van der Waals surface area contributed by atoms with E-state index in [0.717, 1.165) is 22.0 Å². The van der Waals surface area contributed by atoms with Crippen LogP contribution < -0.4 is 10.9 Å². The smallest absolute Gasteiger partial charge is 0.271 e. The minimum absolute atomic E-state index is 0.124. The van der Waals surface area contributed by atoms with E-state index in [1.165, 1.54) is 18.6 Å². The average molecular weight is 322 g/mol. The van der Waals surface area contributed by atoms with Gasteiger partial charge >= 0.3 is 0 Å². The second-order valence-electron chi connectivity index (χ2n) is 5.76. The predicted molar refractivity (Wildman–Crippen MR) is 92.1 cm³/mol. The van der Waals surface area contributed by atoms with Crippen molar-refractivity contribution in [3.05, 3.63) is 69.5 Å². The Labute approximate surface area is 139 Å². The molecular weight excluding hydrogens is 304 g/mol. The zero-order chi connectivity index (χ0) is 17.1. The molecule has 3 aromatic rings. The SMILES string of the molecule is Cc1cc(C)c2cc(CCNC(=O)c3cnccn3)c(=O)[nH]c2c1. The number of fused-ring (bicyclic) bond motifs is 1. The number of aromatic nitrogens is 3. The molecule has 2 aromatic heterocycles. The molecule has 24 heavy (non-hydrogen) atoms. The van der Waals surface area contributed by atoms with Gasteiger partial charge in [-0.05, 0) is 43.5 Å². The molecule has 0 unspecified atom stereocenters. The molecule has 0 spiro atoms. The first kappa shape index (κ1) is 15.9. The second kappa shape index (κ2) is 6.62. The third kappa shape index (κ3) is 3.32. The molecule has 2 heterocycles. The van der Waals surface area contributed by atoms with Crippen molar-refractivity contribution >= 4 is 16.8 Å². The van der Waals surface area contributed by atoms with Crippen LogP contribution in [-0.2, 0) is 6.42 Å². The number of carbonyl (C=O) groups excluding carboxylic acids is 1. The number of hydrogen-bond acceptors (Lipinski definition) is 4. The molecule has 6 heteroatoms. The van der Waals surface area contributed by atoms with Gasteiger partial charge in [0.15, 0.2) is 0 Å². The minimum atomic E-state index is -0.299. The lowest BCUT2D eigenvalue weighted by atomic mass is 10.0. The minimum Gasteiger partial charge on any atom is -0.350 e. The van der Waals surface area contributed by atoms with Crippen LogP contribution in [0.2, 0.25) is 0 Å². The third-order valence-corrected chi connectivity index (χ3v) is 3.87. The van der Waals surface area contributed by atoms with Crippen LogP contribution >= 0.6 is 0 Å². The van der Waals surface area contributed by atoms with E-state index in [4.69, 9.17) is 0 Å². The summed E-state index contributed by atoms with van der Waals surface area (Å²) in [7, 11) is 0. The van der Waals surface area contributed by atoms with Gasteiger partial charge in [-0.2, -0.15) is 0 Å². The maximum absolute atomic E-state index is 12.2. The highest BCUT2D eigenvalue weighted by molar-refractivity contribution is 5.91. The Morgan fingerprint density at radius 3 is 2.79 bits per heavy atom. The Morgan fingerprint density at radius 1 is 1.21 bits per heavy atom. The van der Waals surface area contributed by atoms with Crippen LogP contribution in [0.1, 0.15) is 27.2 Å². The summed E-state index contributed by atoms with van der Waals surface area (Å²) in [6, 6.07) is 5.95. The van der Waals surface area contributed by atoms with Crippen molar-refractivity contribution in [3.8, 4) is 0 Å². The molecule has 122 valence electrons. The molecule has 0 atom stereocenters. The largest absolute Gasteiger partial charge is 0.350 e. The van der Waals surface area contributed by atoms with Crippen LogP contribution in [0.4, 0.5) is 0 Å². The number of pyridine rings is 1. The van der Waals surface area contributed by atoms with Crippen LogP contribution in [0.3, 0.4) is 0 Å². The summed E-state index contributed by atoms with van der Waals surface area (Å²) >= 11 is 0. The first-order valence-electron chi connectivity index (χ1n) is 7.72. The van der Waals surface area contributed by atoms with Crippen molar-refractivity contribution in [2.45, 2.75) is 20.3 Å². The Morgan fingerprint density at radius 2 is 2.04 bits per heavy atom. The first-order chi connectivity index (χ1) is 11.5. The topological polar surface area (TPSA) is 87.7 Å². The maximum Gasteiger partial charge on any atom is 0.271 e. The summed E-state index contributed by atoms with van der Waals surface area (Å²) in [6.45, 7) is 4.38. The standard InChI is InChI=1S/C18H18N4O2/c1-11-7-12(2)14-9-13(17(23)22-15(14)8-11)3-4-21-18(24)16-10-19-5-6-20-16/h5-10H,3-4H2,1-2H3,(H,21,24)(H,22,23). The van der Waals surface area contributed by atoms with E-state index in [-0.39, 0.29) is 17.2 Å². The number of nitrogens with one attached hydrogen (secondary N) is 2. The molecular formula is C18H18N4O2. The Balaban J connectivity index is 1.75. The monoisotopic (exact) mass is 322 g/mol. The number of H-pyrrole nitrogens is 1. The van der Waals surface area contributed by atoms with E-state index in [0.29, 0.717) is 18.5 Å². The highest BCUT2D eigenvalue weighted by atomic mass is 16.2. The Kier molecular flexibility index (Phi) is 4.37. The lowest BCUT2D eigenvalue weighted by molar-refractivity contribution is 0.0948. The summed E-state index contributed by atoms with van der Waals surface area (Å²) in [4.78, 5) is 34.9. The first-order valence-corrected chi connectivity index (χ1v) is 7.72. The number of amides is 1. The molecule has 1 amide bonds. The Bertz CT molecular complexity index is 948. The number of rotatable bonds is 4. The molecule has 0 aliphatic rings. The van der Waals surface area contributed by atoms with Crippen molar-refractivity contribution in [2.75, 3.05) is 6.54 Å². The van der Waals surface area contributed by atoms with Crippen LogP contribution in [0.25, 0.3) is 10.9 Å². The quantitative estimate of drug-likeness (QED) is 0.768. The van der Waals surface area contributed by atoms with Gasteiger partial charge in [0, 0.05) is 35.4 Å². The number of aryl methyl sites for hydroxylation is 2. The average Bonchev–Trinajstić information content (AvgIpc) is 2.56. The second-order valence-corrected chi connectivity index (χ2v) is 5.76. The number of nitrogens with zero attached hydrogens (tertiary/aromatic N) is 2. The summed E-state index contributed by atoms with van der Waals surface area (Å²) in [6.07, 6.45) is 4.83. The van der Waals surface area contributed by atoms with Gasteiger partial charge in [0.1, 0.15) is 5.69 Å². The summed E-state index contributed by atoms with van der Waals surface area (Å²) < 4.78 is 0. The normalized spacial score (nSPS) is 10.8. The van der Waals surface area contributed by atoms with Gasteiger partial charge in [-0.15, -0.1) is 0 Å². The molecule has 0 aliphatic carbocycles. The van der Waals surface area contributed by atoms with Gasteiger partial charge in [0.25, 0.3) is 11.5 Å². The van der Waals surface area contributed by atoms with Gasteiger partial charge < -0.3 is 10.3 Å². The van der Waals surface area contributed by atoms with Gasteiger partial charge in [-0.3, -0.25) is 14.6 Å². The third-order valence-electron chi connectivity index (χ3n) is 3.87. The van der Waals surface area contributed by atoms with Crippen molar-refractivity contribution < 1.29 is 4.79 Å². The Hall–Kier alpha value is -3.02. The van der Waals surface area contributed by atoms with Crippen molar-refractivity contribution in [3.63, 3.8) is 0 Å². The van der Waals surface area contributed by atoms with Gasteiger partial charge in [-0.25, -0.2) is 4.98 Å². The molecule has 2 N–H and O–H groups in total. The molecule has 0 radical (unpaired) electrons. The van der Waals surface area contributed by atoms with E-state index in [9.17, 15) is 9.59 Å². The fraction of sp³-hybridized carbons (Fsp3) is 0.222. The number of aromatic amines is 1. The number of benzene rings is 1. The summed E-state index contributed by atoms with van der Waals surface area (Å²) in [5.74, 6) is -0.299. The van der Waals surface area contributed by atoms with E-state index in [1.54, 1.807) is 0 Å².